The Kier molecular flexibility index (Phi) is 3.31. The molecule has 3 rings (SSSR count). The number of carbonyl (C=O) groups is 2. The number of anilines is 2. The van der Waals surface area contributed by atoms with E-state index >= 15 is 0 Å². The fourth-order valence-electron chi connectivity index (χ4n) is 2.38. The van der Waals surface area contributed by atoms with Crippen molar-refractivity contribution in [2.45, 2.75) is 12.5 Å². The largest absolute Gasteiger partial charge is 0.506 e. The Morgan fingerprint density at radius 3 is 2.38 bits per heavy atom. The van der Waals surface area contributed by atoms with Gasteiger partial charge in [0.25, 0.3) is 5.91 Å². The summed E-state index contributed by atoms with van der Waals surface area (Å²) in [6, 6.07) is 14.8. The highest BCUT2D eigenvalue weighted by Crippen LogP contribution is 2.28. The fourth-order valence-corrected chi connectivity index (χ4v) is 2.38. The van der Waals surface area contributed by atoms with Gasteiger partial charge in [0.2, 0.25) is 5.91 Å². The Morgan fingerprint density at radius 2 is 1.67 bits per heavy atom. The van der Waals surface area contributed by atoms with E-state index in [1.54, 1.807) is 42.5 Å². The van der Waals surface area contributed by atoms with Gasteiger partial charge in [-0.15, -0.1) is 0 Å². The Balaban J connectivity index is 1.83. The molecule has 2 amide bonds. The first-order valence-electron chi connectivity index (χ1n) is 6.63. The number of hydrogen-bond acceptors (Lipinski definition) is 4. The number of hydrogen-bond donors (Lipinski definition) is 2. The quantitative estimate of drug-likeness (QED) is 0.668. The van der Waals surface area contributed by atoms with Crippen LogP contribution < -0.4 is 10.2 Å². The molecule has 1 aliphatic heterocycles. The lowest BCUT2D eigenvalue weighted by atomic mass is 10.2. The summed E-state index contributed by atoms with van der Waals surface area (Å²) in [7, 11) is 0. The van der Waals surface area contributed by atoms with Gasteiger partial charge in [0, 0.05) is 0 Å². The standard InChI is InChI=1S/C16H14N2O3/c19-14-9-5-4-8-12(14)17-13-10-15(20)18(16(13)21)11-6-2-1-3-7-11/h1-9,13,17,19H,10H2/t13-/m1/s1. The van der Waals surface area contributed by atoms with Crippen molar-refractivity contribution in [1.82, 2.24) is 0 Å². The molecule has 21 heavy (non-hydrogen) atoms. The van der Waals surface area contributed by atoms with Crippen LogP contribution in [-0.2, 0) is 9.59 Å². The molecule has 0 saturated carbocycles. The van der Waals surface area contributed by atoms with Gasteiger partial charge in [0.05, 0.1) is 17.8 Å². The van der Waals surface area contributed by atoms with E-state index in [9.17, 15) is 14.7 Å². The summed E-state index contributed by atoms with van der Waals surface area (Å²) in [5, 5.41) is 12.7. The number of nitrogens with zero attached hydrogens (tertiary/aromatic N) is 1. The summed E-state index contributed by atoms with van der Waals surface area (Å²) in [5.41, 5.74) is 1.01. The molecule has 0 radical (unpaired) electrons. The number of benzene rings is 2. The van der Waals surface area contributed by atoms with E-state index < -0.39 is 6.04 Å². The number of rotatable bonds is 3. The molecule has 106 valence electrons. The lowest BCUT2D eigenvalue weighted by Gasteiger charge is -2.16. The predicted octanol–water partition coefficient (Wildman–Crippen LogP) is 2.14. The van der Waals surface area contributed by atoms with Crippen LogP contribution in [0.15, 0.2) is 54.6 Å². The normalized spacial score (nSPS) is 18.1. The first-order chi connectivity index (χ1) is 10.2. The molecule has 1 fully saturated rings. The zero-order valence-electron chi connectivity index (χ0n) is 11.2. The monoisotopic (exact) mass is 282 g/mol. The first-order valence-corrected chi connectivity index (χ1v) is 6.63. The zero-order valence-corrected chi connectivity index (χ0v) is 11.2. The number of amides is 2. The molecule has 2 N–H and O–H groups in total. The van der Waals surface area contributed by atoms with Gasteiger partial charge in [0.15, 0.2) is 0 Å². The lowest BCUT2D eigenvalue weighted by Crippen LogP contribution is -2.34. The van der Waals surface area contributed by atoms with E-state index in [2.05, 4.69) is 5.32 Å². The minimum Gasteiger partial charge on any atom is -0.506 e. The molecule has 2 aromatic carbocycles. The summed E-state index contributed by atoms with van der Waals surface area (Å²) < 4.78 is 0. The van der Waals surface area contributed by atoms with Crippen molar-refractivity contribution < 1.29 is 14.7 Å². The van der Waals surface area contributed by atoms with E-state index in [0.29, 0.717) is 11.4 Å². The lowest BCUT2D eigenvalue weighted by molar-refractivity contribution is -0.121. The molecule has 1 aliphatic rings. The van der Waals surface area contributed by atoms with Gasteiger partial charge in [-0.1, -0.05) is 30.3 Å². The molecule has 0 unspecified atom stereocenters. The fraction of sp³-hybridized carbons (Fsp3) is 0.125. The van der Waals surface area contributed by atoms with Crippen molar-refractivity contribution in [2.75, 3.05) is 10.2 Å². The highest BCUT2D eigenvalue weighted by molar-refractivity contribution is 6.23. The van der Waals surface area contributed by atoms with Gasteiger partial charge in [-0.05, 0) is 24.3 Å². The van der Waals surface area contributed by atoms with Crippen LogP contribution in [0.2, 0.25) is 0 Å². The maximum atomic E-state index is 12.4. The summed E-state index contributed by atoms with van der Waals surface area (Å²) >= 11 is 0. The van der Waals surface area contributed by atoms with Crippen molar-refractivity contribution >= 4 is 23.2 Å². The second-order valence-corrected chi connectivity index (χ2v) is 4.82. The van der Waals surface area contributed by atoms with E-state index in [1.165, 1.54) is 11.0 Å². The Morgan fingerprint density at radius 1 is 1.00 bits per heavy atom. The molecule has 2 aromatic rings. The van der Waals surface area contributed by atoms with Gasteiger partial charge in [-0.2, -0.15) is 0 Å². The van der Waals surface area contributed by atoms with Gasteiger partial charge < -0.3 is 10.4 Å². The van der Waals surface area contributed by atoms with Crippen LogP contribution in [0.4, 0.5) is 11.4 Å². The van der Waals surface area contributed by atoms with E-state index in [-0.39, 0.29) is 24.0 Å². The molecule has 1 saturated heterocycles. The summed E-state index contributed by atoms with van der Waals surface area (Å²) in [6.45, 7) is 0. The molecule has 1 heterocycles. The maximum absolute atomic E-state index is 12.4. The third kappa shape index (κ3) is 2.45. The van der Waals surface area contributed by atoms with Crippen LogP contribution in [0, 0.1) is 0 Å². The summed E-state index contributed by atoms with van der Waals surface area (Å²) in [4.78, 5) is 25.6. The molecular formula is C16H14N2O3. The highest BCUT2D eigenvalue weighted by Gasteiger charge is 2.39. The van der Waals surface area contributed by atoms with E-state index in [1.807, 2.05) is 6.07 Å². The van der Waals surface area contributed by atoms with Crippen molar-refractivity contribution in [2.24, 2.45) is 0 Å². The molecule has 0 bridgehead atoms. The van der Waals surface area contributed by atoms with Crippen LogP contribution in [0.3, 0.4) is 0 Å². The number of phenols is 1. The maximum Gasteiger partial charge on any atom is 0.256 e. The number of para-hydroxylation sites is 3. The molecular weight excluding hydrogens is 268 g/mol. The minimum absolute atomic E-state index is 0.0518. The van der Waals surface area contributed by atoms with Gasteiger partial charge in [-0.25, -0.2) is 4.90 Å². The third-order valence-electron chi connectivity index (χ3n) is 3.39. The van der Waals surface area contributed by atoms with E-state index in [4.69, 9.17) is 0 Å². The van der Waals surface area contributed by atoms with Crippen molar-refractivity contribution in [1.29, 1.82) is 0 Å². The van der Waals surface area contributed by atoms with E-state index in [0.717, 1.165) is 0 Å². The van der Waals surface area contributed by atoms with Crippen LogP contribution in [0.25, 0.3) is 0 Å². The number of carbonyl (C=O) groups excluding carboxylic acids is 2. The Labute approximate surface area is 121 Å². The number of phenolic OH excluding ortho intramolecular Hbond substituents is 1. The molecule has 0 aromatic heterocycles. The van der Waals surface area contributed by atoms with Crippen LogP contribution in [-0.4, -0.2) is 23.0 Å². The Bertz CT molecular complexity index is 685. The smallest absolute Gasteiger partial charge is 0.256 e. The van der Waals surface area contributed by atoms with Crippen molar-refractivity contribution in [3.05, 3.63) is 54.6 Å². The first kappa shape index (κ1) is 13.2. The third-order valence-corrected chi connectivity index (χ3v) is 3.39. The molecule has 0 aliphatic carbocycles. The number of imide groups is 1. The molecule has 0 spiro atoms. The number of nitrogens with one attached hydrogen (secondary N) is 1. The zero-order chi connectivity index (χ0) is 14.8. The van der Waals surface area contributed by atoms with Crippen LogP contribution >= 0.6 is 0 Å². The highest BCUT2D eigenvalue weighted by atomic mass is 16.3. The van der Waals surface area contributed by atoms with Crippen LogP contribution in [0.1, 0.15) is 6.42 Å². The second-order valence-electron chi connectivity index (χ2n) is 4.82. The summed E-state index contributed by atoms with van der Waals surface area (Å²) in [6.07, 6.45) is 0.0715. The average molecular weight is 282 g/mol. The second kappa shape index (κ2) is 5.28. The number of aromatic hydroxyl groups is 1. The van der Waals surface area contributed by atoms with Crippen molar-refractivity contribution in [3.8, 4) is 5.75 Å². The van der Waals surface area contributed by atoms with Crippen LogP contribution in [0.5, 0.6) is 5.75 Å². The predicted molar refractivity (Wildman–Crippen MR) is 79.1 cm³/mol. The van der Waals surface area contributed by atoms with Gasteiger partial charge in [-0.3, -0.25) is 9.59 Å². The topological polar surface area (TPSA) is 69.6 Å². The Hall–Kier alpha value is -2.82. The molecule has 5 heteroatoms. The average Bonchev–Trinajstić information content (AvgIpc) is 2.77. The molecule has 5 nitrogen and oxygen atoms in total. The van der Waals surface area contributed by atoms with Crippen molar-refractivity contribution in [3.63, 3.8) is 0 Å². The molecule has 1 atom stereocenters. The minimum atomic E-state index is -0.661. The van der Waals surface area contributed by atoms with Gasteiger partial charge >= 0.3 is 0 Å². The SMILES string of the molecule is O=C1C[C@@H](Nc2ccccc2O)C(=O)N1c1ccccc1. The van der Waals surface area contributed by atoms with Gasteiger partial charge in [0.1, 0.15) is 11.8 Å². The summed E-state index contributed by atoms with van der Waals surface area (Å²) in [5.74, 6) is -0.510.